The third-order valence-electron chi connectivity index (χ3n) is 3.49. The lowest BCUT2D eigenvalue weighted by Gasteiger charge is -2.36. The lowest BCUT2D eigenvalue weighted by atomic mass is 10.1. The Bertz CT molecular complexity index is 442. The van der Waals surface area contributed by atoms with Crippen molar-refractivity contribution in [2.75, 3.05) is 26.3 Å². The van der Waals surface area contributed by atoms with Gasteiger partial charge in [0.25, 0.3) is 0 Å². The summed E-state index contributed by atoms with van der Waals surface area (Å²) < 4.78 is 20.3. The molecule has 1 atom stereocenters. The Morgan fingerprint density at radius 3 is 3.05 bits per heavy atom. The highest BCUT2D eigenvalue weighted by atomic mass is 79.9. The first-order valence-corrected chi connectivity index (χ1v) is 7.84. The zero-order valence-electron chi connectivity index (χ0n) is 12.0. The molecule has 112 valence electrons. The summed E-state index contributed by atoms with van der Waals surface area (Å²) in [7, 11) is 0. The third-order valence-corrected chi connectivity index (χ3v) is 3.99. The van der Waals surface area contributed by atoms with Gasteiger partial charge in [-0.15, -0.1) is 0 Å². The molecule has 20 heavy (non-hydrogen) atoms. The molecule has 0 spiro atoms. The second-order valence-corrected chi connectivity index (χ2v) is 6.41. The quantitative estimate of drug-likeness (QED) is 0.888. The van der Waals surface area contributed by atoms with E-state index in [2.05, 4.69) is 40.0 Å². The van der Waals surface area contributed by atoms with Crippen LogP contribution in [0.15, 0.2) is 22.7 Å². The van der Waals surface area contributed by atoms with Gasteiger partial charge in [0, 0.05) is 41.8 Å². The molecule has 1 saturated heterocycles. The summed E-state index contributed by atoms with van der Waals surface area (Å²) in [5.74, 6) is -0.143. The fourth-order valence-corrected chi connectivity index (χ4v) is 2.75. The predicted molar refractivity (Wildman–Crippen MR) is 82.3 cm³/mol. The van der Waals surface area contributed by atoms with E-state index >= 15 is 0 Å². The van der Waals surface area contributed by atoms with E-state index in [-0.39, 0.29) is 5.82 Å². The van der Waals surface area contributed by atoms with Gasteiger partial charge in [-0.3, -0.25) is 4.90 Å². The number of rotatable bonds is 5. The molecule has 1 unspecified atom stereocenters. The number of nitrogens with zero attached hydrogens (tertiary/aromatic N) is 1. The SMILES string of the molecule is CC(C)NCC1COCCN1Cc1cc(Br)ccc1F. The van der Waals surface area contributed by atoms with Crippen LogP contribution in [0.4, 0.5) is 4.39 Å². The molecule has 2 rings (SSSR count). The number of hydrogen-bond donors (Lipinski definition) is 1. The number of ether oxygens (including phenoxy) is 1. The van der Waals surface area contributed by atoms with Gasteiger partial charge in [-0.2, -0.15) is 0 Å². The highest BCUT2D eigenvalue weighted by Gasteiger charge is 2.23. The molecule has 0 radical (unpaired) electrons. The zero-order chi connectivity index (χ0) is 14.5. The largest absolute Gasteiger partial charge is 0.378 e. The van der Waals surface area contributed by atoms with Crippen molar-refractivity contribution in [2.24, 2.45) is 0 Å². The molecular formula is C15H22BrFN2O. The number of benzene rings is 1. The second kappa shape index (κ2) is 7.50. The molecule has 1 aliphatic heterocycles. The van der Waals surface area contributed by atoms with Crippen molar-refractivity contribution in [2.45, 2.75) is 32.5 Å². The fourth-order valence-electron chi connectivity index (χ4n) is 2.34. The molecule has 1 aliphatic rings. The molecule has 5 heteroatoms. The first kappa shape index (κ1) is 15.9. The maximum Gasteiger partial charge on any atom is 0.127 e. The summed E-state index contributed by atoms with van der Waals surface area (Å²) in [6.07, 6.45) is 0. The highest BCUT2D eigenvalue weighted by molar-refractivity contribution is 9.10. The summed E-state index contributed by atoms with van der Waals surface area (Å²) in [5.41, 5.74) is 0.732. The van der Waals surface area contributed by atoms with E-state index in [9.17, 15) is 4.39 Å². The van der Waals surface area contributed by atoms with Crippen LogP contribution in [-0.2, 0) is 11.3 Å². The zero-order valence-corrected chi connectivity index (χ0v) is 13.6. The van der Waals surface area contributed by atoms with Crippen LogP contribution in [-0.4, -0.2) is 43.3 Å². The van der Waals surface area contributed by atoms with Crippen molar-refractivity contribution in [3.63, 3.8) is 0 Å². The van der Waals surface area contributed by atoms with E-state index in [0.717, 1.165) is 23.1 Å². The normalized spacial score (nSPS) is 20.6. The second-order valence-electron chi connectivity index (χ2n) is 5.50. The van der Waals surface area contributed by atoms with Gasteiger partial charge >= 0.3 is 0 Å². The predicted octanol–water partition coefficient (Wildman–Crippen LogP) is 2.79. The standard InChI is InChI=1S/C15H22BrFN2O/c1-11(2)18-8-14-10-20-6-5-19(14)9-12-7-13(16)3-4-15(12)17/h3-4,7,11,14,18H,5-6,8-10H2,1-2H3. The van der Waals surface area contributed by atoms with Crippen LogP contribution in [0.2, 0.25) is 0 Å². The Balaban J connectivity index is 2.02. The lowest BCUT2D eigenvalue weighted by Crippen LogP contribution is -2.50. The van der Waals surface area contributed by atoms with Gasteiger partial charge in [-0.25, -0.2) is 4.39 Å². The number of nitrogens with one attached hydrogen (secondary N) is 1. The Morgan fingerprint density at radius 2 is 2.30 bits per heavy atom. The van der Waals surface area contributed by atoms with E-state index in [4.69, 9.17) is 4.74 Å². The van der Waals surface area contributed by atoms with Gasteiger partial charge in [-0.05, 0) is 18.2 Å². The van der Waals surface area contributed by atoms with Crippen LogP contribution in [0.1, 0.15) is 19.4 Å². The van der Waals surface area contributed by atoms with Crippen molar-refractivity contribution in [3.8, 4) is 0 Å². The summed E-state index contributed by atoms with van der Waals surface area (Å²) >= 11 is 3.40. The molecule has 1 fully saturated rings. The van der Waals surface area contributed by atoms with Gasteiger partial charge in [0.1, 0.15) is 5.82 Å². The average molecular weight is 345 g/mol. The maximum atomic E-state index is 13.9. The van der Waals surface area contributed by atoms with E-state index < -0.39 is 0 Å². The maximum absolute atomic E-state index is 13.9. The van der Waals surface area contributed by atoms with E-state index in [1.165, 1.54) is 6.07 Å². The summed E-state index contributed by atoms with van der Waals surface area (Å²) in [6, 6.07) is 5.85. The van der Waals surface area contributed by atoms with Gasteiger partial charge < -0.3 is 10.1 Å². The molecule has 0 aromatic heterocycles. The first-order chi connectivity index (χ1) is 9.56. The van der Waals surface area contributed by atoms with E-state index in [0.29, 0.717) is 31.8 Å². The van der Waals surface area contributed by atoms with Crippen molar-refractivity contribution < 1.29 is 9.13 Å². The van der Waals surface area contributed by atoms with Gasteiger partial charge in [-0.1, -0.05) is 29.8 Å². The monoisotopic (exact) mass is 344 g/mol. The highest BCUT2D eigenvalue weighted by Crippen LogP contribution is 2.19. The minimum absolute atomic E-state index is 0.143. The number of morpholine rings is 1. The van der Waals surface area contributed by atoms with E-state index in [1.54, 1.807) is 6.07 Å². The van der Waals surface area contributed by atoms with Gasteiger partial charge in [0.2, 0.25) is 0 Å². The Hall–Kier alpha value is -0.490. The fraction of sp³-hybridized carbons (Fsp3) is 0.600. The topological polar surface area (TPSA) is 24.5 Å². The molecule has 0 saturated carbocycles. The van der Waals surface area contributed by atoms with Crippen molar-refractivity contribution in [1.82, 2.24) is 10.2 Å². The molecule has 1 aromatic carbocycles. The first-order valence-electron chi connectivity index (χ1n) is 7.05. The van der Waals surface area contributed by atoms with Gasteiger partial charge in [0.15, 0.2) is 0 Å². The molecule has 3 nitrogen and oxygen atoms in total. The lowest BCUT2D eigenvalue weighted by molar-refractivity contribution is -0.0119. The summed E-state index contributed by atoms with van der Waals surface area (Å²) in [5, 5.41) is 3.43. The minimum Gasteiger partial charge on any atom is -0.378 e. The molecule has 0 amide bonds. The van der Waals surface area contributed by atoms with Crippen molar-refractivity contribution in [3.05, 3.63) is 34.1 Å². The van der Waals surface area contributed by atoms with Crippen LogP contribution in [0.5, 0.6) is 0 Å². The van der Waals surface area contributed by atoms with Crippen molar-refractivity contribution >= 4 is 15.9 Å². The number of hydrogen-bond acceptors (Lipinski definition) is 3. The molecular weight excluding hydrogens is 323 g/mol. The summed E-state index contributed by atoms with van der Waals surface area (Å²) in [6.45, 7) is 8.01. The van der Waals surface area contributed by atoms with E-state index in [1.807, 2.05) is 6.07 Å². The summed E-state index contributed by atoms with van der Waals surface area (Å²) in [4.78, 5) is 2.30. The molecule has 0 aliphatic carbocycles. The van der Waals surface area contributed by atoms with Gasteiger partial charge in [0.05, 0.1) is 13.2 Å². The smallest absolute Gasteiger partial charge is 0.127 e. The molecule has 1 N–H and O–H groups in total. The van der Waals surface area contributed by atoms with Crippen LogP contribution in [0, 0.1) is 5.82 Å². The van der Waals surface area contributed by atoms with Crippen LogP contribution in [0.25, 0.3) is 0 Å². The van der Waals surface area contributed by atoms with Crippen LogP contribution in [0.3, 0.4) is 0 Å². The minimum atomic E-state index is -0.143. The van der Waals surface area contributed by atoms with Crippen LogP contribution >= 0.6 is 15.9 Å². The molecule has 1 aromatic rings. The Labute approximate surface area is 128 Å². The third kappa shape index (κ3) is 4.52. The Kier molecular flexibility index (Phi) is 5.96. The van der Waals surface area contributed by atoms with Crippen LogP contribution < -0.4 is 5.32 Å². The van der Waals surface area contributed by atoms with Crippen molar-refractivity contribution in [1.29, 1.82) is 0 Å². The average Bonchev–Trinajstić information content (AvgIpc) is 2.42. The molecule has 0 bridgehead atoms. The molecule has 1 heterocycles. The number of halogens is 2. The Morgan fingerprint density at radius 1 is 1.50 bits per heavy atom.